The third-order valence-electron chi connectivity index (χ3n) is 2.68. The summed E-state index contributed by atoms with van der Waals surface area (Å²) in [4.78, 5) is 28.6. The van der Waals surface area contributed by atoms with Crippen LogP contribution in [0.5, 0.6) is 0 Å². The van der Waals surface area contributed by atoms with Gasteiger partial charge in [-0.15, -0.1) is 11.3 Å². The van der Waals surface area contributed by atoms with Gasteiger partial charge in [0, 0.05) is 24.0 Å². The Morgan fingerprint density at radius 3 is 2.90 bits per heavy atom. The topological polar surface area (TPSA) is 80.7 Å². The van der Waals surface area contributed by atoms with Crippen LogP contribution in [0.4, 0.5) is 0 Å². The summed E-state index contributed by atoms with van der Waals surface area (Å²) in [5, 5.41) is 5.17. The first-order chi connectivity index (χ1) is 10.3. The fourth-order valence-corrected chi connectivity index (χ4v) is 2.43. The Morgan fingerprint density at radius 1 is 1.19 bits per heavy atom. The third-order valence-corrected chi connectivity index (χ3v) is 3.54. The molecule has 1 amide bonds. The van der Waals surface area contributed by atoms with Crippen LogP contribution >= 0.6 is 11.3 Å². The van der Waals surface area contributed by atoms with Crippen molar-refractivity contribution in [3.63, 3.8) is 0 Å². The molecule has 0 aliphatic rings. The fraction of sp³-hybridized carbons (Fsp3) is 0.0714. The lowest BCUT2D eigenvalue weighted by Gasteiger charge is -2.01. The smallest absolute Gasteiger partial charge is 0.271 e. The van der Waals surface area contributed by atoms with Crippen molar-refractivity contribution in [3.05, 3.63) is 59.8 Å². The van der Waals surface area contributed by atoms with Crippen LogP contribution in [-0.4, -0.2) is 25.8 Å². The maximum atomic E-state index is 12.0. The summed E-state index contributed by atoms with van der Waals surface area (Å²) in [6.07, 6.45) is 6.50. The van der Waals surface area contributed by atoms with Gasteiger partial charge in [0.15, 0.2) is 0 Å². The van der Waals surface area contributed by atoms with E-state index in [0.29, 0.717) is 22.9 Å². The van der Waals surface area contributed by atoms with Gasteiger partial charge < -0.3 is 5.32 Å². The maximum absolute atomic E-state index is 12.0. The molecule has 3 heterocycles. The van der Waals surface area contributed by atoms with Crippen LogP contribution in [-0.2, 0) is 6.54 Å². The second-order valence-corrected chi connectivity index (χ2v) is 4.99. The van der Waals surface area contributed by atoms with Gasteiger partial charge in [0.05, 0.1) is 18.4 Å². The summed E-state index contributed by atoms with van der Waals surface area (Å²) in [6.45, 7) is 0.373. The Kier molecular flexibility index (Phi) is 3.92. The number of rotatable bonds is 4. The summed E-state index contributed by atoms with van der Waals surface area (Å²) in [6, 6.07) is 5.56. The molecule has 3 rings (SSSR count). The molecule has 6 nitrogen and oxygen atoms in total. The van der Waals surface area contributed by atoms with Crippen molar-refractivity contribution in [2.24, 2.45) is 0 Å². The predicted octanol–water partition coefficient (Wildman–Crippen LogP) is 1.93. The lowest BCUT2D eigenvalue weighted by atomic mass is 10.3. The molecular weight excluding hydrogens is 286 g/mol. The summed E-state index contributed by atoms with van der Waals surface area (Å²) in [5.41, 5.74) is 1.83. The van der Waals surface area contributed by atoms with Crippen LogP contribution in [0.3, 0.4) is 0 Å². The average Bonchev–Trinajstić information content (AvgIpc) is 3.04. The minimum Gasteiger partial charge on any atom is -0.345 e. The normalized spacial score (nSPS) is 10.3. The highest BCUT2D eigenvalue weighted by Crippen LogP contribution is 2.20. The first kappa shape index (κ1) is 13.3. The van der Waals surface area contributed by atoms with E-state index in [1.165, 1.54) is 11.3 Å². The van der Waals surface area contributed by atoms with Crippen LogP contribution in [0, 0.1) is 0 Å². The van der Waals surface area contributed by atoms with Gasteiger partial charge in [-0.1, -0.05) is 6.07 Å². The van der Waals surface area contributed by atoms with E-state index in [1.807, 2.05) is 18.2 Å². The molecule has 0 unspecified atom stereocenters. The van der Waals surface area contributed by atoms with Crippen molar-refractivity contribution in [1.82, 2.24) is 25.3 Å². The van der Waals surface area contributed by atoms with Gasteiger partial charge in [0.1, 0.15) is 16.4 Å². The van der Waals surface area contributed by atoms with E-state index in [9.17, 15) is 4.79 Å². The molecule has 3 aromatic rings. The van der Waals surface area contributed by atoms with E-state index in [4.69, 9.17) is 0 Å². The average molecular weight is 297 g/mol. The maximum Gasteiger partial charge on any atom is 0.271 e. The second kappa shape index (κ2) is 6.19. The highest BCUT2D eigenvalue weighted by molar-refractivity contribution is 7.13. The summed E-state index contributed by atoms with van der Waals surface area (Å²) in [7, 11) is 0. The Hall–Kier alpha value is -2.67. The zero-order valence-corrected chi connectivity index (χ0v) is 11.7. The number of hydrogen-bond donors (Lipinski definition) is 1. The van der Waals surface area contributed by atoms with Gasteiger partial charge >= 0.3 is 0 Å². The highest BCUT2D eigenvalue weighted by atomic mass is 32.1. The molecule has 0 fully saturated rings. The first-order valence-electron chi connectivity index (χ1n) is 6.23. The number of hydrogen-bond acceptors (Lipinski definition) is 6. The molecule has 7 heteroatoms. The number of nitrogens with one attached hydrogen (secondary N) is 1. The molecular formula is C14H11N5OS. The van der Waals surface area contributed by atoms with E-state index in [1.54, 1.807) is 30.2 Å². The lowest BCUT2D eigenvalue weighted by Crippen LogP contribution is -2.23. The van der Waals surface area contributed by atoms with E-state index < -0.39 is 0 Å². The summed E-state index contributed by atoms with van der Waals surface area (Å²) >= 11 is 1.36. The Bertz CT molecular complexity index is 729. The third kappa shape index (κ3) is 3.26. The van der Waals surface area contributed by atoms with Crippen molar-refractivity contribution in [2.45, 2.75) is 6.54 Å². The molecule has 1 N–H and O–H groups in total. The van der Waals surface area contributed by atoms with Gasteiger partial charge in [0.25, 0.3) is 5.91 Å². The molecule has 0 bridgehead atoms. The van der Waals surface area contributed by atoms with Crippen LogP contribution in [0.1, 0.15) is 16.2 Å². The number of pyridine rings is 1. The molecule has 104 valence electrons. The number of aromatic nitrogens is 4. The van der Waals surface area contributed by atoms with Crippen LogP contribution < -0.4 is 5.32 Å². The van der Waals surface area contributed by atoms with Crippen LogP contribution in [0.25, 0.3) is 10.7 Å². The fourth-order valence-electron chi connectivity index (χ4n) is 1.67. The van der Waals surface area contributed by atoms with E-state index in [0.717, 1.165) is 5.69 Å². The van der Waals surface area contributed by atoms with E-state index in [-0.39, 0.29) is 5.91 Å². The second-order valence-electron chi connectivity index (χ2n) is 4.13. The van der Waals surface area contributed by atoms with Gasteiger partial charge in [-0.3, -0.25) is 19.7 Å². The SMILES string of the molecule is O=C(NCc1ccccn1)c1csc(-c2cnccn2)n1. The molecule has 0 radical (unpaired) electrons. The van der Waals surface area contributed by atoms with E-state index >= 15 is 0 Å². The van der Waals surface area contributed by atoms with Crippen molar-refractivity contribution < 1.29 is 4.79 Å². The summed E-state index contributed by atoms with van der Waals surface area (Å²) < 4.78 is 0. The van der Waals surface area contributed by atoms with Gasteiger partial charge in [-0.25, -0.2) is 4.98 Å². The number of amides is 1. The molecule has 0 spiro atoms. The zero-order valence-electron chi connectivity index (χ0n) is 10.9. The predicted molar refractivity (Wildman–Crippen MR) is 78.5 cm³/mol. The lowest BCUT2D eigenvalue weighted by molar-refractivity contribution is 0.0946. The number of carbonyl (C=O) groups excluding carboxylic acids is 1. The molecule has 21 heavy (non-hydrogen) atoms. The quantitative estimate of drug-likeness (QED) is 0.795. The van der Waals surface area contributed by atoms with Crippen molar-refractivity contribution in [2.75, 3.05) is 0 Å². The standard InChI is InChI=1S/C14H11N5OS/c20-13(18-7-10-3-1-2-4-16-10)12-9-21-14(19-12)11-8-15-5-6-17-11/h1-6,8-9H,7H2,(H,18,20). The van der Waals surface area contributed by atoms with Gasteiger partial charge in [0.2, 0.25) is 0 Å². The minimum absolute atomic E-state index is 0.230. The molecule has 0 aliphatic heterocycles. The molecule has 0 saturated heterocycles. The first-order valence-corrected chi connectivity index (χ1v) is 7.11. The Balaban J connectivity index is 1.67. The van der Waals surface area contributed by atoms with Gasteiger partial charge in [-0.05, 0) is 12.1 Å². The monoisotopic (exact) mass is 297 g/mol. The van der Waals surface area contributed by atoms with Crippen LogP contribution in [0.15, 0.2) is 48.4 Å². The van der Waals surface area contributed by atoms with Crippen molar-refractivity contribution >= 4 is 17.2 Å². The molecule has 0 aliphatic carbocycles. The van der Waals surface area contributed by atoms with E-state index in [2.05, 4.69) is 25.3 Å². The largest absolute Gasteiger partial charge is 0.345 e. The number of nitrogens with zero attached hydrogens (tertiary/aromatic N) is 4. The highest BCUT2D eigenvalue weighted by Gasteiger charge is 2.12. The molecule has 3 aromatic heterocycles. The molecule has 0 saturated carbocycles. The Morgan fingerprint density at radius 2 is 2.14 bits per heavy atom. The van der Waals surface area contributed by atoms with Gasteiger partial charge in [-0.2, -0.15) is 0 Å². The number of thiazole rings is 1. The van der Waals surface area contributed by atoms with Crippen LogP contribution in [0.2, 0.25) is 0 Å². The van der Waals surface area contributed by atoms with Crippen molar-refractivity contribution in [3.8, 4) is 10.7 Å². The Labute approximate surface area is 125 Å². The zero-order chi connectivity index (χ0) is 14.5. The van der Waals surface area contributed by atoms with Crippen molar-refractivity contribution in [1.29, 1.82) is 0 Å². The molecule has 0 aromatic carbocycles. The molecule has 0 atom stereocenters. The summed E-state index contributed by atoms with van der Waals surface area (Å²) in [5.74, 6) is -0.230. The minimum atomic E-state index is -0.230. The number of carbonyl (C=O) groups is 1.